The lowest BCUT2D eigenvalue weighted by Crippen LogP contribution is -2.67. The van der Waals surface area contributed by atoms with Crippen molar-refractivity contribution >= 4 is 172 Å². The maximum Gasteiger partial charge on any atom is 0.252 e. The molecule has 13 aromatic rings. The van der Waals surface area contributed by atoms with Crippen LogP contribution in [-0.2, 0) is 43.3 Å². The lowest BCUT2D eigenvalue weighted by atomic mass is 9.29. The largest absolute Gasteiger partial charge is 0.306 e. The number of nitrogens with zero attached hydrogens (tertiary/aromatic N) is 6. The molecule has 0 aromatic heterocycles. The third-order valence-corrected chi connectivity index (χ3v) is 28.2. The number of hydrogen-bond donors (Lipinski definition) is 0. The summed E-state index contributed by atoms with van der Waals surface area (Å²) in [6.07, 6.45) is 0. The molecule has 0 bridgehead atoms. The molecule has 0 spiro atoms. The van der Waals surface area contributed by atoms with Crippen molar-refractivity contribution in [2.45, 2.75) is 230 Å². The standard InChI is InChI=1S/C113H109B3F12N6/c1-56-32-91-97-93(34-56)131(102-77(121)44-63(45-78(102)122)110(16,17)18)87-54-89-71(52-69(87)114(97)67-38-59(106(4,5)6)28-30-85(67)129(91)100-73(117)40-61(41-74(100)118)108(10,11)12)116-72-53-70-88(55-90(72)134(105-83(127)50-66(51-84(105)128)113(25,26)27)96-37-58(3)36-95(99(96)116)133(89)104-81(125)48-65(49-82(104)126)112(22,23)24)132(103-79(123)46-64(47-80(103)124)111(19,20)21)94-35-57(2)33-92-98(94)115(70)68-39-60(107(7,8)9)29-31-86(68)130(92)101-75(119)42-62(43-76(101)120)109(13,14)15/h28-55H,1-27H3. The lowest BCUT2D eigenvalue weighted by molar-refractivity contribution is 0.546. The highest BCUT2D eigenvalue weighted by Gasteiger charge is 2.55. The Bertz CT molecular complexity index is 6740. The Kier molecular flexibility index (Phi) is 20.4. The van der Waals surface area contributed by atoms with Crippen molar-refractivity contribution in [3.63, 3.8) is 0 Å². The fourth-order valence-corrected chi connectivity index (χ4v) is 21.0. The van der Waals surface area contributed by atoms with E-state index in [2.05, 4.69) is 0 Å². The topological polar surface area (TPSA) is 19.4 Å². The predicted octanol–water partition coefficient (Wildman–Crippen LogP) is 26.9. The second-order valence-corrected chi connectivity index (χ2v) is 46.2. The van der Waals surface area contributed by atoms with Crippen molar-refractivity contribution in [2.75, 3.05) is 29.4 Å². The molecule has 134 heavy (non-hydrogen) atoms. The minimum Gasteiger partial charge on any atom is -0.306 e. The van der Waals surface area contributed by atoms with Gasteiger partial charge in [0.05, 0.1) is 0 Å². The summed E-state index contributed by atoms with van der Waals surface area (Å²) in [5, 5.41) is 0. The zero-order chi connectivity index (χ0) is 96.9. The first kappa shape index (κ1) is 91.1. The molecule has 0 N–H and O–H groups in total. The van der Waals surface area contributed by atoms with Gasteiger partial charge >= 0.3 is 0 Å². The van der Waals surface area contributed by atoms with Gasteiger partial charge in [-0.05, 0) is 308 Å². The van der Waals surface area contributed by atoms with E-state index < -0.39 is 167 Å². The second-order valence-electron chi connectivity index (χ2n) is 46.2. The van der Waals surface area contributed by atoms with E-state index in [-0.39, 0.29) is 84.4 Å². The van der Waals surface area contributed by atoms with E-state index in [1.54, 1.807) is 79.1 Å². The van der Waals surface area contributed by atoms with Crippen LogP contribution in [0.15, 0.2) is 170 Å². The van der Waals surface area contributed by atoms with Crippen molar-refractivity contribution in [3.05, 3.63) is 301 Å². The zero-order valence-electron chi connectivity index (χ0n) is 81.1. The van der Waals surface area contributed by atoms with Crippen LogP contribution < -0.4 is 78.6 Å². The van der Waals surface area contributed by atoms with Gasteiger partial charge < -0.3 is 29.4 Å². The van der Waals surface area contributed by atoms with Gasteiger partial charge in [-0.2, -0.15) is 0 Å². The summed E-state index contributed by atoms with van der Waals surface area (Å²) in [6.45, 7) is 47.1. The van der Waals surface area contributed by atoms with Gasteiger partial charge in [-0.1, -0.05) is 203 Å². The van der Waals surface area contributed by atoms with Gasteiger partial charge in [0.1, 0.15) is 34.1 Å². The number of anilines is 18. The predicted molar refractivity (Wildman–Crippen MR) is 532 cm³/mol. The third kappa shape index (κ3) is 14.2. The van der Waals surface area contributed by atoms with Gasteiger partial charge in [-0.15, -0.1) is 0 Å². The molecule has 19 rings (SSSR count). The first-order valence-electron chi connectivity index (χ1n) is 46.1. The molecule has 0 unspecified atom stereocenters. The van der Waals surface area contributed by atoms with Gasteiger partial charge in [0.25, 0.3) is 20.1 Å². The molecular weight excluding hydrogens is 1700 g/mol. The third-order valence-electron chi connectivity index (χ3n) is 28.2. The molecule has 0 atom stereocenters. The molecule has 0 aliphatic carbocycles. The Labute approximate surface area is 780 Å². The quantitative estimate of drug-likeness (QED) is 0.121. The molecule has 13 aromatic carbocycles. The Morgan fingerprint density at radius 2 is 0.313 bits per heavy atom. The summed E-state index contributed by atoms with van der Waals surface area (Å²) in [4.78, 5) is 8.93. The van der Waals surface area contributed by atoms with E-state index in [1.807, 2.05) is 215 Å². The van der Waals surface area contributed by atoms with E-state index in [4.69, 9.17) is 0 Å². The summed E-state index contributed by atoms with van der Waals surface area (Å²) in [7, 11) is 0. The van der Waals surface area contributed by atoms with E-state index in [0.717, 1.165) is 11.1 Å². The Hall–Kier alpha value is -12.0. The van der Waals surface area contributed by atoms with E-state index in [0.29, 0.717) is 83.1 Å². The monoisotopic (exact) mass is 1810 g/mol. The molecule has 0 saturated heterocycles. The Morgan fingerprint density at radius 1 is 0.164 bits per heavy atom. The summed E-state index contributed by atoms with van der Waals surface area (Å²) in [6, 6.07) is 44.8. The number of fused-ring (bicyclic) bond motifs is 12. The van der Waals surface area contributed by atoms with Crippen LogP contribution in [0.25, 0.3) is 0 Å². The van der Waals surface area contributed by atoms with Crippen molar-refractivity contribution in [2.24, 2.45) is 0 Å². The van der Waals surface area contributed by atoms with Crippen LogP contribution in [0.3, 0.4) is 0 Å². The van der Waals surface area contributed by atoms with Crippen molar-refractivity contribution in [1.29, 1.82) is 0 Å². The molecule has 0 amide bonds. The summed E-state index contributed by atoms with van der Waals surface area (Å²) >= 11 is 0. The molecule has 0 saturated carbocycles. The van der Waals surface area contributed by atoms with E-state index in [1.165, 1.54) is 92.4 Å². The van der Waals surface area contributed by atoms with Gasteiger partial charge in [0, 0.05) is 68.2 Å². The fourth-order valence-electron chi connectivity index (χ4n) is 21.0. The van der Waals surface area contributed by atoms with Crippen LogP contribution >= 0.6 is 0 Å². The van der Waals surface area contributed by atoms with Crippen LogP contribution in [-0.4, -0.2) is 20.1 Å². The molecule has 21 heteroatoms. The van der Waals surface area contributed by atoms with Crippen molar-refractivity contribution < 1.29 is 52.7 Å². The van der Waals surface area contributed by atoms with Crippen molar-refractivity contribution in [1.82, 2.24) is 0 Å². The molecule has 6 heterocycles. The van der Waals surface area contributed by atoms with E-state index in [9.17, 15) is 0 Å². The summed E-state index contributed by atoms with van der Waals surface area (Å²) < 4.78 is 225. The smallest absolute Gasteiger partial charge is 0.252 e. The van der Waals surface area contributed by atoms with E-state index >= 15 is 52.7 Å². The number of hydrogen-bond acceptors (Lipinski definition) is 6. The molecule has 6 aliphatic rings. The van der Waals surface area contributed by atoms with Gasteiger partial charge in [0.15, 0.2) is 69.8 Å². The average molecular weight is 1810 g/mol. The minimum absolute atomic E-state index is 0.0589. The van der Waals surface area contributed by atoms with Crippen LogP contribution in [0.5, 0.6) is 0 Å². The molecule has 684 valence electrons. The molecule has 0 radical (unpaired) electrons. The van der Waals surface area contributed by atoms with Crippen LogP contribution in [0.4, 0.5) is 155 Å². The molecule has 6 aliphatic heterocycles. The average Bonchev–Trinajstić information content (AvgIpc) is 0.675. The van der Waals surface area contributed by atoms with Gasteiger partial charge in [-0.3, -0.25) is 0 Å². The Morgan fingerprint density at radius 3 is 0.470 bits per heavy atom. The summed E-state index contributed by atoms with van der Waals surface area (Å²) in [5.41, 5.74) is 0.977. The normalized spacial score (nSPS) is 14.5. The van der Waals surface area contributed by atoms with Crippen LogP contribution in [0.2, 0.25) is 0 Å². The van der Waals surface area contributed by atoms with Crippen molar-refractivity contribution in [3.8, 4) is 0 Å². The number of benzene rings is 13. The first-order valence-corrected chi connectivity index (χ1v) is 46.1. The second kappa shape index (κ2) is 30.0. The molecule has 0 fully saturated rings. The lowest BCUT2D eigenvalue weighted by Gasteiger charge is -2.48. The first-order chi connectivity index (χ1) is 62.2. The van der Waals surface area contributed by atoms with Crippen LogP contribution in [0, 0.1) is 90.6 Å². The zero-order valence-corrected chi connectivity index (χ0v) is 81.1. The van der Waals surface area contributed by atoms with Crippen LogP contribution in [0.1, 0.15) is 227 Å². The minimum atomic E-state index is -1.30. The maximum absolute atomic E-state index is 19.1. The summed E-state index contributed by atoms with van der Waals surface area (Å²) in [5.74, 6) is -11.7. The SMILES string of the molecule is Cc1cc2c3c(c1)N(c1c(F)cc(C(C)(C)C)cc1F)c1cc4c(cc1B3c1cc(C(C)(C)C)ccc1N2c1c(F)cc(C(C)(C)C)cc1F)B1c2cc3c(cc2N(c2c(F)cc(C(C)(C)C)cc2F)c2cc(C)cc(c21)N4c1c(F)cc(C(C)(C)C)cc1F)N(c1c(F)cc(C(C)(C)C)cc1F)c1cc(C)cc2c1B3c1cc(C(C)(C)C)ccc1N2c1c(F)cc(C(C)(C)C)cc1F. The maximum atomic E-state index is 19.1. The number of rotatable bonds is 6. The highest BCUT2D eigenvalue weighted by Crippen LogP contribution is 2.57. The number of halogens is 12. The van der Waals surface area contributed by atoms with Gasteiger partial charge in [0.2, 0.25) is 0 Å². The highest BCUT2D eigenvalue weighted by atomic mass is 19.2. The highest BCUT2D eigenvalue weighted by molar-refractivity contribution is 7.04. The van der Waals surface area contributed by atoms with Gasteiger partial charge in [-0.25, -0.2) is 52.7 Å². The number of aryl methyl sites for hydroxylation is 3. The fraction of sp³-hybridized carbons (Fsp3) is 0.310. The molecule has 6 nitrogen and oxygen atoms in total. The molecular formula is C113H109B3F12N6. The Balaban J connectivity index is 1.02.